The van der Waals surface area contributed by atoms with Crippen LogP contribution >= 0.6 is 11.6 Å². The van der Waals surface area contributed by atoms with Gasteiger partial charge in [-0.25, -0.2) is 8.78 Å². The first-order chi connectivity index (χ1) is 10.1. The molecule has 1 aromatic heterocycles. The van der Waals surface area contributed by atoms with E-state index in [2.05, 4.69) is 5.32 Å². The zero-order valence-electron chi connectivity index (χ0n) is 12.1. The van der Waals surface area contributed by atoms with Gasteiger partial charge in [0.15, 0.2) is 0 Å². The Morgan fingerprint density at radius 3 is 2.57 bits per heavy atom. The molecular weight excluding hydrogens is 296 g/mol. The Labute approximate surface area is 128 Å². The van der Waals surface area contributed by atoms with E-state index in [0.717, 1.165) is 30.7 Å². The molecule has 1 heterocycles. The minimum atomic E-state index is -0.640. The van der Waals surface area contributed by atoms with Gasteiger partial charge in [-0.3, -0.25) is 0 Å². The molecule has 2 rings (SSSR count). The maximum atomic E-state index is 14.1. The molecule has 1 unspecified atom stereocenters. The Bertz CT molecular complexity index is 612. The van der Waals surface area contributed by atoms with Gasteiger partial charge in [0.1, 0.15) is 23.2 Å². The number of hydrogen-bond acceptors (Lipinski definition) is 2. The highest BCUT2D eigenvalue weighted by Crippen LogP contribution is 2.29. The summed E-state index contributed by atoms with van der Waals surface area (Å²) < 4.78 is 33.5. The lowest BCUT2D eigenvalue weighted by atomic mass is 10.0. The van der Waals surface area contributed by atoms with E-state index in [1.54, 1.807) is 6.07 Å². The molecule has 0 fully saturated rings. The van der Waals surface area contributed by atoms with E-state index in [1.165, 1.54) is 0 Å². The summed E-state index contributed by atoms with van der Waals surface area (Å²) in [6.45, 7) is 4.64. The number of halogens is 3. The van der Waals surface area contributed by atoms with Gasteiger partial charge in [-0.2, -0.15) is 0 Å². The van der Waals surface area contributed by atoms with E-state index in [4.69, 9.17) is 16.0 Å². The third kappa shape index (κ3) is 3.63. The van der Waals surface area contributed by atoms with E-state index in [1.807, 2.05) is 19.9 Å². The van der Waals surface area contributed by atoms with Gasteiger partial charge in [-0.15, -0.1) is 0 Å². The van der Waals surface area contributed by atoms with Gasteiger partial charge in [0.2, 0.25) is 0 Å². The smallest absolute Gasteiger partial charge is 0.142 e. The second kappa shape index (κ2) is 7.05. The highest BCUT2D eigenvalue weighted by Gasteiger charge is 2.22. The predicted octanol–water partition coefficient (Wildman–Crippen LogP) is 4.86. The molecular formula is C16H18ClF2NO. The maximum absolute atomic E-state index is 14.1. The molecule has 0 aliphatic rings. The first kappa shape index (κ1) is 16.0. The molecule has 0 bridgehead atoms. The molecule has 1 atom stereocenters. The summed E-state index contributed by atoms with van der Waals surface area (Å²) in [6.07, 6.45) is 1.62. The lowest BCUT2D eigenvalue weighted by molar-refractivity contribution is 0.413. The molecule has 0 amide bonds. The highest BCUT2D eigenvalue weighted by molar-refractivity contribution is 6.30. The third-order valence-electron chi connectivity index (χ3n) is 3.26. The summed E-state index contributed by atoms with van der Waals surface area (Å²) in [5.41, 5.74) is 0.197. The van der Waals surface area contributed by atoms with Crippen LogP contribution in [0, 0.1) is 11.6 Å². The Morgan fingerprint density at radius 2 is 1.95 bits per heavy atom. The molecule has 1 aromatic carbocycles. The fourth-order valence-corrected chi connectivity index (χ4v) is 2.30. The Hall–Kier alpha value is -1.39. The highest BCUT2D eigenvalue weighted by atomic mass is 35.5. The molecule has 0 aliphatic carbocycles. The van der Waals surface area contributed by atoms with Crippen molar-refractivity contribution in [3.8, 4) is 0 Å². The normalized spacial score (nSPS) is 12.6. The number of furan rings is 1. The lowest BCUT2D eigenvalue weighted by Gasteiger charge is -2.18. The van der Waals surface area contributed by atoms with E-state index >= 15 is 0 Å². The van der Waals surface area contributed by atoms with E-state index in [0.29, 0.717) is 12.3 Å². The molecule has 2 nitrogen and oxygen atoms in total. The SMILES string of the molecule is CCCNC(c1ccc(CC)o1)c1cc(F)c(Cl)cc1F. The lowest BCUT2D eigenvalue weighted by Crippen LogP contribution is -2.24. The van der Waals surface area contributed by atoms with Gasteiger partial charge in [0, 0.05) is 12.0 Å². The van der Waals surface area contributed by atoms with Crippen LogP contribution in [0.15, 0.2) is 28.7 Å². The standard InChI is InChI=1S/C16H18ClF2NO/c1-3-7-20-16(15-6-5-10(4-2)21-15)11-8-14(19)12(17)9-13(11)18/h5-6,8-9,16,20H,3-4,7H2,1-2H3. The minimum Gasteiger partial charge on any atom is -0.464 e. The Morgan fingerprint density at radius 1 is 1.19 bits per heavy atom. The van der Waals surface area contributed by atoms with Gasteiger partial charge in [-0.1, -0.05) is 25.4 Å². The summed E-state index contributed by atoms with van der Waals surface area (Å²) in [5, 5.41) is 2.96. The number of benzene rings is 1. The molecule has 114 valence electrons. The number of aryl methyl sites for hydroxylation is 1. The number of rotatable bonds is 6. The molecule has 0 spiro atoms. The second-order valence-corrected chi connectivity index (χ2v) is 5.24. The quantitative estimate of drug-likeness (QED) is 0.770. The number of hydrogen-bond donors (Lipinski definition) is 1. The van der Waals surface area contributed by atoms with Crippen LogP contribution in [-0.4, -0.2) is 6.54 Å². The largest absolute Gasteiger partial charge is 0.464 e. The van der Waals surface area contributed by atoms with E-state index in [-0.39, 0.29) is 10.6 Å². The van der Waals surface area contributed by atoms with Crippen molar-refractivity contribution in [2.75, 3.05) is 6.54 Å². The summed E-state index contributed by atoms with van der Waals surface area (Å²) in [7, 11) is 0. The fourth-order valence-electron chi connectivity index (χ4n) is 2.15. The van der Waals surface area contributed by atoms with Crippen LogP contribution in [0.4, 0.5) is 8.78 Å². The van der Waals surface area contributed by atoms with Crippen molar-refractivity contribution in [2.45, 2.75) is 32.7 Å². The van der Waals surface area contributed by atoms with Crippen LogP contribution in [-0.2, 0) is 6.42 Å². The monoisotopic (exact) mass is 313 g/mol. The zero-order chi connectivity index (χ0) is 15.4. The van der Waals surface area contributed by atoms with Gasteiger partial charge < -0.3 is 9.73 Å². The van der Waals surface area contributed by atoms with Crippen molar-refractivity contribution in [1.82, 2.24) is 5.32 Å². The van der Waals surface area contributed by atoms with Crippen molar-refractivity contribution in [3.05, 3.63) is 58.0 Å². The average Bonchev–Trinajstić information content (AvgIpc) is 2.93. The molecule has 5 heteroatoms. The topological polar surface area (TPSA) is 25.2 Å². The van der Waals surface area contributed by atoms with Crippen LogP contribution in [0.1, 0.15) is 43.4 Å². The summed E-state index contributed by atoms with van der Waals surface area (Å²) in [5.74, 6) is 0.187. The first-order valence-corrected chi connectivity index (χ1v) is 7.41. The Balaban J connectivity index is 2.42. The van der Waals surface area contributed by atoms with Crippen LogP contribution in [0.25, 0.3) is 0 Å². The second-order valence-electron chi connectivity index (χ2n) is 4.83. The summed E-state index contributed by atoms with van der Waals surface area (Å²) in [6, 6.07) is 5.23. The molecule has 0 saturated heterocycles. The van der Waals surface area contributed by atoms with Crippen molar-refractivity contribution in [1.29, 1.82) is 0 Å². The van der Waals surface area contributed by atoms with Crippen molar-refractivity contribution < 1.29 is 13.2 Å². The van der Waals surface area contributed by atoms with Crippen LogP contribution in [0.5, 0.6) is 0 Å². The fraction of sp³-hybridized carbons (Fsp3) is 0.375. The van der Waals surface area contributed by atoms with E-state index < -0.39 is 17.7 Å². The zero-order valence-corrected chi connectivity index (χ0v) is 12.8. The van der Waals surface area contributed by atoms with Gasteiger partial charge in [0.25, 0.3) is 0 Å². The van der Waals surface area contributed by atoms with Gasteiger partial charge in [-0.05, 0) is 37.2 Å². The molecule has 0 aliphatic heterocycles. The summed E-state index contributed by atoms with van der Waals surface area (Å²) >= 11 is 5.61. The van der Waals surface area contributed by atoms with Crippen molar-refractivity contribution in [2.24, 2.45) is 0 Å². The van der Waals surface area contributed by atoms with Crippen molar-refractivity contribution in [3.63, 3.8) is 0 Å². The van der Waals surface area contributed by atoms with Gasteiger partial charge in [0.05, 0.1) is 11.1 Å². The van der Waals surface area contributed by atoms with E-state index in [9.17, 15) is 8.78 Å². The molecule has 21 heavy (non-hydrogen) atoms. The van der Waals surface area contributed by atoms with Crippen molar-refractivity contribution >= 4 is 11.6 Å². The minimum absolute atomic E-state index is 0.197. The third-order valence-corrected chi connectivity index (χ3v) is 3.55. The molecule has 0 saturated carbocycles. The number of nitrogens with one attached hydrogen (secondary N) is 1. The first-order valence-electron chi connectivity index (χ1n) is 7.03. The molecule has 1 N–H and O–H groups in total. The van der Waals surface area contributed by atoms with Crippen LogP contribution in [0.3, 0.4) is 0 Å². The summed E-state index contributed by atoms with van der Waals surface area (Å²) in [4.78, 5) is 0. The molecule has 2 aromatic rings. The van der Waals surface area contributed by atoms with Crippen LogP contribution in [0.2, 0.25) is 5.02 Å². The molecule has 0 radical (unpaired) electrons. The average molecular weight is 314 g/mol. The maximum Gasteiger partial charge on any atom is 0.142 e. The Kier molecular flexibility index (Phi) is 5.37. The van der Waals surface area contributed by atoms with Crippen LogP contribution < -0.4 is 5.32 Å². The predicted molar refractivity (Wildman–Crippen MR) is 79.6 cm³/mol. The van der Waals surface area contributed by atoms with Gasteiger partial charge >= 0.3 is 0 Å².